The molecule has 0 atom stereocenters. The lowest BCUT2D eigenvalue weighted by Gasteiger charge is -2.00. The van der Waals surface area contributed by atoms with Crippen LogP contribution in [0.1, 0.15) is 21.5 Å². The van der Waals surface area contributed by atoms with Gasteiger partial charge in [0.2, 0.25) is 0 Å². The molecule has 0 amide bonds. The first kappa shape index (κ1) is 12.9. The molecular formula is C16H14O3. The van der Waals surface area contributed by atoms with Crippen LogP contribution in [0.15, 0.2) is 42.5 Å². The smallest absolute Gasteiger partial charge is 0.153 e. The molecular weight excluding hydrogens is 240 g/mol. The van der Waals surface area contributed by atoms with Crippen molar-refractivity contribution in [1.82, 2.24) is 0 Å². The Balaban J connectivity index is 2.19. The maximum absolute atomic E-state index is 10.7. The number of benzene rings is 2. The minimum absolute atomic E-state index is 0.00315. The largest absolute Gasteiger partial charge is 0.507 e. The number of phenols is 1. The lowest BCUT2D eigenvalue weighted by molar-refractivity contribution is 0.112. The fourth-order valence-corrected chi connectivity index (χ4v) is 1.68. The molecule has 3 heteroatoms. The molecule has 0 spiro atoms. The summed E-state index contributed by atoms with van der Waals surface area (Å²) in [6.45, 7) is 0. The topological polar surface area (TPSA) is 46.5 Å². The molecule has 0 aliphatic heterocycles. The molecule has 2 aromatic carbocycles. The van der Waals surface area contributed by atoms with Gasteiger partial charge in [-0.15, -0.1) is 0 Å². The minimum atomic E-state index is -0.00315. The summed E-state index contributed by atoms with van der Waals surface area (Å²) in [6, 6.07) is 12.6. The average Bonchev–Trinajstić information content (AvgIpc) is 2.47. The quantitative estimate of drug-likeness (QED) is 0.672. The zero-order valence-electron chi connectivity index (χ0n) is 10.5. The van der Waals surface area contributed by atoms with Crippen LogP contribution in [0.4, 0.5) is 0 Å². The second kappa shape index (κ2) is 5.87. The van der Waals surface area contributed by atoms with Gasteiger partial charge in [-0.1, -0.05) is 30.4 Å². The van der Waals surface area contributed by atoms with Crippen molar-refractivity contribution in [1.29, 1.82) is 0 Å². The molecule has 0 bridgehead atoms. The van der Waals surface area contributed by atoms with Gasteiger partial charge in [0.05, 0.1) is 12.7 Å². The zero-order valence-corrected chi connectivity index (χ0v) is 10.5. The van der Waals surface area contributed by atoms with Gasteiger partial charge in [-0.05, 0) is 35.4 Å². The molecule has 0 unspecified atom stereocenters. The molecule has 0 fully saturated rings. The fraction of sp³-hybridized carbons (Fsp3) is 0.0625. The SMILES string of the molecule is COc1ccc(/C=C/c2ccc(O)c(C=O)c2)cc1. The van der Waals surface area contributed by atoms with Crippen LogP contribution in [-0.2, 0) is 0 Å². The Morgan fingerprint density at radius 1 is 1.00 bits per heavy atom. The summed E-state index contributed by atoms with van der Waals surface area (Å²) in [5.74, 6) is 0.807. The molecule has 2 aromatic rings. The molecule has 2 rings (SSSR count). The summed E-state index contributed by atoms with van der Waals surface area (Å²) in [5, 5.41) is 9.41. The molecule has 96 valence electrons. The number of ether oxygens (including phenoxy) is 1. The van der Waals surface area contributed by atoms with E-state index in [4.69, 9.17) is 4.74 Å². The van der Waals surface area contributed by atoms with Crippen molar-refractivity contribution in [3.8, 4) is 11.5 Å². The van der Waals surface area contributed by atoms with E-state index in [2.05, 4.69) is 0 Å². The second-order valence-electron chi connectivity index (χ2n) is 4.04. The molecule has 0 radical (unpaired) electrons. The van der Waals surface area contributed by atoms with Crippen LogP contribution in [0.25, 0.3) is 12.2 Å². The highest BCUT2D eigenvalue weighted by Gasteiger charge is 1.99. The summed E-state index contributed by atoms with van der Waals surface area (Å²) in [4.78, 5) is 10.7. The first-order valence-electron chi connectivity index (χ1n) is 5.83. The minimum Gasteiger partial charge on any atom is -0.507 e. The molecule has 0 saturated heterocycles. The van der Waals surface area contributed by atoms with Gasteiger partial charge in [0.1, 0.15) is 11.5 Å². The van der Waals surface area contributed by atoms with E-state index in [9.17, 15) is 9.90 Å². The lowest BCUT2D eigenvalue weighted by atomic mass is 10.1. The fourth-order valence-electron chi connectivity index (χ4n) is 1.68. The summed E-state index contributed by atoms with van der Waals surface area (Å²) >= 11 is 0. The standard InChI is InChI=1S/C16H14O3/c1-19-15-7-4-12(5-8-15)2-3-13-6-9-16(18)14(10-13)11-17/h2-11,18H,1H3/b3-2+. The highest BCUT2D eigenvalue weighted by Crippen LogP contribution is 2.19. The van der Waals surface area contributed by atoms with Gasteiger partial charge in [0.25, 0.3) is 0 Å². The number of carbonyl (C=O) groups excluding carboxylic acids is 1. The van der Waals surface area contributed by atoms with Crippen LogP contribution in [0.3, 0.4) is 0 Å². The predicted octanol–water partition coefficient (Wildman–Crippen LogP) is 3.38. The van der Waals surface area contributed by atoms with E-state index < -0.39 is 0 Å². The summed E-state index contributed by atoms with van der Waals surface area (Å²) < 4.78 is 5.08. The van der Waals surface area contributed by atoms with Gasteiger partial charge in [-0.2, -0.15) is 0 Å². The Kier molecular flexibility index (Phi) is 3.98. The highest BCUT2D eigenvalue weighted by atomic mass is 16.5. The Bertz CT molecular complexity index is 598. The molecule has 19 heavy (non-hydrogen) atoms. The van der Waals surface area contributed by atoms with Crippen LogP contribution >= 0.6 is 0 Å². The third-order valence-electron chi connectivity index (χ3n) is 2.76. The van der Waals surface area contributed by atoms with Crippen LogP contribution in [-0.4, -0.2) is 18.5 Å². The molecule has 0 aromatic heterocycles. The van der Waals surface area contributed by atoms with E-state index in [1.807, 2.05) is 36.4 Å². The van der Waals surface area contributed by atoms with Gasteiger partial charge >= 0.3 is 0 Å². The van der Waals surface area contributed by atoms with Crippen molar-refractivity contribution >= 4 is 18.4 Å². The van der Waals surface area contributed by atoms with Crippen LogP contribution in [0.2, 0.25) is 0 Å². The van der Waals surface area contributed by atoms with Crippen molar-refractivity contribution in [3.63, 3.8) is 0 Å². The van der Waals surface area contributed by atoms with Crippen molar-refractivity contribution in [2.45, 2.75) is 0 Å². The number of aromatic hydroxyl groups is 1. The third-order valence-corrected chi connectivity index (χ3v) is 2.76. The van der Waals surface area contributed by atoms with E-state index in [-0.39, 0.29) is 11.3 Å². The molecule has 3 nitrogen and oxygen atoms in total. The van der Waals surface area contributed by atoms with Gasteiger partial charge in [-0.3, -0.25) is 4.79 Å². The van der Waals surface area contributed by atoms with Gasteiger partial charge in [0.15, 0.2) is 6.29 Å². The normalized spacial score (nSPS) is 10.6. The number of rotatable bonds is 4. The van der Waals surface area contributed by atoms with Gasteiger partial charge in [-0.25, -0.2) is 0 Å². The number of phenolic OH excluding ortho intramolecular Hbond substituents is 1. The number of methoxy groups -OCH3 is 1. The molecule has 0 heterocycles. The number of hydrogen-bond acceptors (Lipinski definition) is 3. The number of aldehydes is 1. The van der Waals surface area contributed by atoms with Crippen molar-refractivity contribution in [2.75, 3.05) is 7.11 Å². The van der Waals surface area contributed by atoms with Gasteiger partial charge in [0, 0.05) is 0 Å². The average molecular weight is 254 g/mol. The Morgan fingerprint density at radius 2 is 1.63 bits per heavy atom. The van der Waals surface area contributed by atoms with Gasteiger partial charge < -0.3 is 9.84 Å². The Morgan fingerprint density at radius 3 is 2.26 bits per heavy atom. The maximum atomic E-state index is 10.7. The summed E-state index contributed by atoms with van der Waals surface area (Å²) in [5.41, 5.74) is 2.18. The van der Waals surface area contributed by atoms with Crippen molar-refractivity contribution < 1.29 is 14.6 Å². The van der Waals surface area contributed by atoms with Crippen LogP contribution in [0.5, 0.6) is 11.5 Å². The number of hydrogen-bond donors (Lipinski definition) is 1. The van der Waals surface area contributed by atoms with Crippen LogP contribution < -0.4 is 4.74 Å². The van der Waals surface area contributed by atoms with Crippen molar-refractivity contribution in [2.24, 2.45) is 0 Å². The number of carbonyl (C=O) groups is 1. The highest BCUT2D eigenvalue weighted by molar-refractivity contribution is 5.81. The Hall–Kier alpha value is -2.55. The van der Waals surface area contributed by atoms with E-state index >= 15 is 0 Å². The second-order valence-corrected chi connectivity index (χ2v) is 4.04. The van der Waals surface area contributed by atoms with Crippen LogP contribution in [0, 0.1) is 0 Å². The molecule has 1 N–H and O–H groups in total. The van der Waals surface area contributed by atoms with E-state index in [0.717, 1.165) is 16.9 Å². The van der Waals surface area contributed by atoms with E-state index in [0.29, 0.717) is 6.29 Å². The zero-order chi connectivity index (χ0) is 13.7. The third kappa shape index (κ3) is 3.22. The molecule has 0 aliphatic carbocycles. The predicted molar refractivity (Wildman–Crippen MR) is 75.4 cm³/mol. The summed E-state index contributed by atoms with van der Waals surface area (Å²) in [6.07, 6.45) is 4.45. The Labute approximate surface area is 111 Å². The lowest BCUT2D eigenvalue weighted by Crippen LogP contribution is -1.83. The molecule has 0 aliphatic rings. The maximum Gasteiger partial charge on any atom is 0.153 e. The van der Waals surface area contributed by atoms with E-state index in [1.165, 1.54) is 6.07 Å². The summed E-state index contributed by atoms with van der Waals surface area (Å²) in [7, 11) is 1.63. The monoisotopic (exact) mass is 254 g/mol. The molecule has 0 saturated carbocycles. The first-order chi connectivity index (χ1) is 9.22. The van der Waals surface area contributed by atoms with E-state index in [1.54, 1.807) is 19.2 Å². The van der Waals surface area contributed by atoms with Crippen molar-refractivity contribution in [3.05, 3.63) is 59.2 Å². The first-order valence-corrected chi connectivity index (χ1v) is 5.83.